The molecular formula is C19H18N2O4. The monoisotopic (exact) mass is 338 g/mol. The predicted octanol–water partition coefficient (Wildman–Crippen LogP) is 3.18. The summed E-state index contributed by atoms with van der Waals surface area (Å²) in [4.78, 5) is 12.8. The van der Waals surface area contributed by atoms with Crippen LogP contribution in [0, 0.1) is 0 Å². The molecule has 1 amide bonds. The van der Waals surface area contributed by atoms with Crippen molar-refractivity contribution in [3.63, 3.8) is 0 Å². The SMILES string of the molecule is CCOC1=NN(c2ccccc2)C(=O)/C1=C\c1ccc(OC)cc1O. The quantitative estimate of drug-likeness (QED) is 0.869. The van der Waals surface area contributed by atoms with Gasteiger partial charge in [0.25, 0.3) is 5.91 Å². The van der Waals surface area contributed by atoms with Crippen molar-refractivity contribution in [2.24, 2.45) is 5.10 Å². The summed E-state index contributed by atoms with van der Waals surface area (Å²) in [6, 6.07) is 14.0. The van der Waals surface area contributed by atoms with Gasteiger partial charge in [-0.1, -0.05) is 18.2 Å². The second-order valence-corrected chi connectivity index (χ2v) is 5.27. The Kier molecular flexibility index (Phi) is 4.70. The van der Waals surface area contributed by atoms with Crippen LogP contribution in [0.25, 0.3) is 6.08 Å². The van der Waals surface area contributed by atoms with Gasteiger partial charge in [0.1, 0.15) is 17.1 Å². The molecule has 0 bridgehead atoms. The average Bonchev–Trinajstić information content (AvgIpc) is 2.94. The summed E-state index contributed by atoms with van der Waals surface area (Å²) in [7, 11) is 1.52. The lowest BCUT2D eigenvalue weighted by Crippen LogP contribution is -2.21. The van der Waals surface area contributed by atoms with Crippen LogP contribution in [0.1, 0.15) is 12.5 Å². The molecule has 0 aliphatic carbocycles. The minimum atomic E-state index is -0.315. The zero-order valence-corrected chi connectivity index (χ0v) is 14.0. The molecule has 0 fully saturated rings. The van der Waals surface area contributed by atoms with Crippen LogP contribution in [0.5, 0.6) is 11.5 Å². The van der Waals surface area contributed by atoms with Crippen LogP contribution < -0.4 is 9.75 Å². The number of carbonyl (C=O) groups excluding carboxylic acids is 1. The van der Waals surface area contributed by atoms with Crippen molar-refractivity contribution >= 4 is 23.6 Å². The molecule has 25 heavy (non-hydrogen) atoms. The molecule has 0 unspecified atom stereocenters. The maximum Gasteiger partial charge on any atom is 0.284 e. The van der Waals surface area contributed by atoms with Crippen molar-refractivity contribution in [2.75, 3.05) is 18.7 Å². The minimum absolute atomic E-state index is 0.00802. The number of nitrogens with zero attached hydrogens (tertiary/aromatic N) is 2. The molecule has 0 aromatic heterocycles. The Hall–Kier alpha value is -3.28. The molecule has 2 aromatic rings. The van der Waals surface area contributed by atoms with E-state index in [9.17, 15) is 9.90 Å². The topological polar surface area (TPSA) is 71.4 Å². The number of anilines is 1. The molecule has 0 saturated carbocycles. The van der Waals surface area contributed by atoms with Crippen LogP contribution in [0.4, 0.5) is 5.69 Å². The number of hydrogen-bond acceptors (Lipinski definition) is 5. The summed E-state index contributed by atoms with van der Waals surface area (Å²) < 4.78 is 10.6. The number of ether oxygens (including phenoxy) is 2. The van der Waals surface area contributed by atoms with Crippen molar-refractivity contribution in [1.29, 1.82) is 0 Å². The van der Waals surface area contributed by atoms with Gasteiger partial charge in [-0.25, -0.2) is 0 Å². The Morgan fingerprint density at radius 3 is 2.60 bits per heavy atom. The molecule has 6 nitrogen and oxygen atoms in total. The maximum absolute atomic E-state index is 12.8. The van der Waals surface area contributed by atoms with Gasteiger partial charge in [0.05, 0.1) is 19.4 Å². The number of carbonyl (C=O) groups is 1. The first-order chi connectivity index (χ1) is 12.1. The Labute approximate surface area is 145 Å². The third-order valence-electron chi connectivity index (χ3n) is 3.66. The standard InChI is InChI=1S/C19H18N2O4/c1-3-25-18-16(11-13-9-10-15(24-2)12-17(13)22)19(23)21(20-18)14-7-5-4-6-8-14/h4-12,22H,3H2,1-2H3/b16-11-. The van der Waals surface area contributed by atoms with E-state index in [1.807, 2.05) is 25.1 Å². The highest BCUT2D eigenvalue weighted by molar-refractivity contribution is 6.30. The van der Waals surface area contributed by atoms with E-state index in [-0.39, 0.29) is 23.1 Å². The molecule has 3 rings (SSSR count). The summed E-state index contributed by atoms with van der Waals surface area (Å²) in [6.45, 7) is 2.20. The van der Waals surface area contributed by atoms with E-state index in [0.29, 0.717) is 23.6 Å². The number of para-hydroxylation sites is 1. The molecule has 0 radical (unpaired) electrons. The maximum atomic E-state index is 12.8. The lowest BCUT2D eigenvalue weighted by Gasteiger charge is -2.10. The molecule has 2 aromatic carbocycles. The number of amides is 1. The number of hydrazone groups is 1. The Bertz CT molecular complexity index is 844. The second kappa shape index (κ2) is 7.09. The van der Waals surface area contributed by atoms with E-state index in [1.54, 1.807) is 30.3 Å². The third kappa shape index (κ3) is 3.33. The van der Waals surface area contributed by atoms with Crippen molar-refractivity contribution in [3.8, 4) is 11.5 Å². The van der Waals surface area contributed by atoms with Gasteiger partial charge in [0, 0.05) is 11.6 Å². The van der Waals surface area contributed by atoms with Crippen LogP contribution in [-0.4, -0.2) is 30.6 Å². The largest absolute Gasteiger partial charge is 0.507 e. The van der Waals surface area contributed by atoms with Gasteiger partial charge < -0.3 is 14.6 Å². The Balaban J connectivity index is 2.00. The van der Waals surface area contributed by atoms with E-state index < -0.39 is 0 Å². The molecule has 6 heteroatoms. The number of aromatic hydroxyl groups is 1. The molecular weight excluding hydrogens is 320 g/mol. The summed E-state index contributed by atoms with van der Waals surface area (Å²) in [5.74, 6) is 0.451. The summed E-state index contributed by atoms with van der Waals surface area (Å²) in [5.41, 5.74) is 1.41. The number of phenolic OH excluding ortho intramolecular Hbond substituents is 1. The van der Waals surface area contributed by atoms with Gasteiger partial charge in [-0.2, -0.15) is 5.01 Å². The first-order valence-electron chi connectivity index (χ1n) is 7.84. The summed E-state index contributed by atoms with van der Waals surface area (Å²) in [5, 5.41) is 15.7. The number of methoxy groups -OCH3 is 1. The Morgan fingerprint density at radius 2 is 1.96 bits per heavy atom. The van der Waals surface area contributed by atoms with Crippen molar-refractivity contribution in [1.82, 2.24) is 0 Å². The van der Waals surface area contributed by atoms with Gasteiger partial charge in [-0.15, -0.1) is 5.10 Å². The lowest BCUT2D eigenvalue weighted by molar-refractivity contribution is -0.114. The van der Waals surface area contributed by atoms with Crippen LogP contribution in [0.2, 0.25) is 0 Å². The third-order valence-corrected chi connectivity index (χ3v) is 3.66. The van der Waals surface area contributed by atoms with Crippen LogP contribution in [0.3, 0.4) is 0 Å². The van der Waals surface area contributed by atoms with E-state index in [0.717, 1.165) is 0 Å². The minimum Gasteiger partial charge on any atom is -0.507 e. The predicted molar refractivity (Wildman–Crippen MR) is 95.6 cm³/mol. The summed E-state index contributed by atoms with van der Waals surface area (Å²) in [6.07, 6.45) is 1.56. The second-order valence-electron chi connectivity index (χ2n) is 5.27. The normalized spacial score (nSPS) is 15.4. The fourth-order valence-electron chi connectivity index (χ4n) is 2.43. The van der Waals surface area contributed by atoms with Gasteiger partial charge in [-0.3, -0.25) is 4.79 Å². The van der Waals surface area contributed by atoms with Crippen molar-refractivity contribution < 1.29 is 19.4 Å². The highest BCUT2D eigenvalue weighted by atomic mass is 16.5. The van der Waals surface area contributed by atoms with Gasteiger partial charge in [-0.05, 0) is 37.3 Å². The van der Waals surface area contributed by atoms with Crippen LogP contribution in [0.15, 0.2) is 59.2 Å². The number of benzene rings is 2. The van der Waals surface area contributed by atoms with E-state index in [1.165, 1.54) is 18.2 Å². The van der Waals surface area contributed by atoms with Crippen molar-refractivity contribution in [3.05, 3.63) is 59.7 Å². The molecule has 0 spiro atoms. The van der Waals surface area contributed by atoms with E-state index in [2.05, 4.69) is 5.10 Å². The fraction of sp³-hybridized carbons (Fsp3) is 0.158. The van der Waals surface area contributed by atoms with E-state index >= 15 is 0 Å². The smallest absolute Gasteiger partial charge is 0.284 e. The molecule has 1 aliphatic heterocycles. The zero-order valence-electron chi connectivity index (χ0n) is 14.0. The van der Waals surface area contributed by atoms with Crippen LogP contribution >= 0.6 is 0 Å². The van der Waals surface area contributed by atoms with Crippen LogP contribution in [-0.2, 0) is 9.53 Å². The molecule has 1 aliphatic rings. The molecule has 0 saturated heterocycles. The summed E-state index contributed by atoms with van der Waals surface area (Å²) >= 11 is 0. The Morgan fingerprint density at radius 1 is 1.20 bits per heavy atom. The number of hydrogen-bond donors (Lipinski definition) is 1. The van der Waals surface area contributed by atoms with Gasteiger partial charge >= 0.3 is 0 Å². The van der Waals surface area contributed by atoms with Crippen molar-refractivity contribution in [2.45, 2.75) is 6.92 Å². The van der Waals surface area contributed by atoms with Gasteiger partial charge in [0.2, 0.25) is 5.90 Å². The lowest BCUT2D eigenvalue weighted by atomic mass is 10.1. The van der Waals surface area contributed by atoms with E-state index in [4.69, 9.17) is 9.47 Å². The average molecular weight is 338 g/mol. The molecule has 1 N–H and O–H groups in total. The number of phenols is 1. The molecule has 1 heterocycles. The highest BCUT2D eigenvalue weighted by Gasteiger charge is 2.32. The number of rotatable bonds is 4. The van der Waals surface area contributed by atoms with Gasteiger partial charge in [0.15, 0.2) is 0 Å². The fourth-order valence-corrected chi connectivity index (χ4v) is 2.43. The molecule has 128 valence electrons. The molecule has 0 atom stereocenters. The highest BCUT2D eigenvalue weighted by Crippen LogP contribution is 2.29. The first-order valence-corrected chi connectivity index (χ1v) is 7.84. The zero-order chi connectivity index (χ0) is 17.8. The first kappa shape index (κ1) is 16.6.